The van der Waals surface area contributed by atoms with E-state index >= 15 is 0 Å². The van der Waals surface area contributed by atoms with E-state index in [1.165, 1.54) is 0 Å². The van der Waals surface area contributed by atoms with Crippen LogP contribution in [0, 0.1) is 0 Å². The van der Waals surface area contributed by atoms with Gasteiger partial charge in [-0.05, 0) is 24.6 Å². The highest BCUT2D eigenvalue weighted by Crippen LogP contribution is 2.29. The van der Waals surface area contributed by atoms with Crippen LogP contribution in [-0.2, 0) is 9.53 Å². The summed E-state index contributed by atoms with van der Waals surface area (Å²) in [4.78, 5) is 11.7. The van der Waals surface area contributed by atoms with Crippen molar-refractivity contribution in [1.82, 2.24) is 5.32 Å². The Bertz CT molecular complexity index is 273. The molecule has 3 N–H and O–H groups in total. The maximum Gasteiger partial charge on any atom is 0.441 e. The molecule has 0 radical (unpaired) electrons. The maximum absolute atomic E-state index is 11.8. The highest BCUT2D eigenvalue weighted by atomic mass is 35.5. The van der Waals surface area contributed by atoms with E-state index in [9.17, 15) is 18.0 Å². The number of carbonyl (C=O) groups is 1. The van der Waals surface area contributed by atoms with E-state index in [1.807, 2.05) is 0 Å². The smallest absolute Gasteiger partial charge is 0.381 e. The molecule has 1 aliphatic rings. The molecule has 0 aromatic carbocycles. The first-order valence-corrected chi connectivity index (χ1v) is 6.18. The van der Waals surface area contributed by atoms with E-state index in [-0.39, 0.29) is 36.5 Å². The Kier molecular flexibility index (Phi) is 7.34. The van der Waals surface area contributed by atoms with Crippen LogP contribution in [0.5, 0.6) is 0 Å². The first kappa shape index (κ1) is 17.8. The van der Waals surface area contributed by atoms with Gasteiger partial charge >= 0.3 is 5.51 Å². The van der Waals surface area contributed by atoms with Gasteiger partial charge in [-0.2, -0.15) is 13.2 Å². The van der Waals surface area contributed by atoms with Gasteiger partial charge in [-0.3, -0.25) is 4.79 Å². The topological polar surface area (TPSA) is 64.4 Å². The van der Waals surface area contributed by atoms with Gasteiger partial charge in [0.05, 0.1) is 5.54 Å². The summed E-state index contributed by atoms with van der Waals surface area (Å²) in [5, 5.41) is 2.43. The maximum atomic E-state index is 11.8. The molecule has 0 aromatic heterocycles. The minimum atomic E-state index is -4.26. The lowest BCUT2D eigenvalue weighted by Gasteiger charge is -2.31. The Hall–Kier alpha value is -0.180. The molecule has 18 heavy (non-hydrogen) atoms. The van der Waals surface area contributed by atoms with Gasteiger partial charge in [0.15, 0.2) is 0 Å². The summed E-state index contributed by atoms with van der Waals surface area (Å²) < 4.78 is 40.5. The monoisotopic (exact) mass is 308 g/mol. The van der Waals surface area contributed by atoms with Crippen molar-refractivity contribution in [1.29, 1.82) is 0 Å². The van der Waals surface area contributed by atoms with Crippen LogP contribution in [0.1, 0.15) is 12.8 Å². The van der Waals surface area contributed by atoms with Crippen molar-refractivity contribution >= 4 is 30.1 Å². The van der Waals surface area contributed by atoms with Crippen LogP contribution in [-0.4, -0.2) is 42.5 Å². The summed E-state index contributed by atoms with van der Waals surface area (Å²) in [7, 11) is 0. The van der Waals surface area contributed by atoms with Crippen molar-refractivity contribution in [2.24, 2.45) is 5.73 Å². The normalized spacial score (nSPS) is 18.9. The van der Waals surface area contributed by atoms with Crippen LogP contribution >= 0.6 is 24.2 Å². The molecule has 1 fully saturated rings. The first-order chi connectivity index (χ1) is 7.83. The number of halogens is 4. The fourth-order valence-corrected chi connectivity index (χ4v) is 1.91. The predicted octanol–water partition coefficient (Wildman–Crippen LogP) is 1.29. The molecule has 0 saturated carbocycles. The summed E-state index contributed by atoms with van der Waals surface area (Å²) in [6, 6.07) is 0. The number of nitrogens with one attached hydrogen (secondary N) is 1. The molecule has 0 aliphatic carbocycles. The largest absolute Gasteiger partial charge is 0.441 e. The summed E-state index contributed by atoms with van der Waals surface area (Å²) in [5.74, 6) is -0.606. The number of thioether (sulfide) groups is 1. The lowest BCUT2D eigenvalue weighted by Crippen LogP contribution is -2.57. The summed E-state index contributed by atoms with van der Waals surface area (Å²) in [6.07, 6.45) is 0.788. The number of hydrogen-bond acceptors (Lipinski definition) is 4. The molecular weight excluding hydrogens is 293 g/mol. The van der Waals surface area contributed by atoms with Crippen LogP contribution in [0.25, 0.3) is 0 Å². The second kappa shape index (κ2) is 7.42. The van der Waals surface area contributed by atoms with Crippen molar-refractivity contribution in [2.75, 3.05) is 25.5 Å². The average Bonchev–Trinajstić information content (AvgIpc) is 2.24. The van der Waals surface area contributed by atoms with Crippen molar-refractivity contribution in [3.05, 3.63) is 0 Å². The van der Waals surface area contributed by atoms with Gasteiger partial charge in [-0.1, -0.05) is 0 Å². The van der Waals surface area contributed by atoms with E-state index in [1.54, 1.807) is 0 Å². The second-order valence-electron chi connectivity index (χ2n) is 3.82. The molecule has 0 unspecified atom stereocenters. The standard InChI is InChI=1S/C9H15F3N2O2S.ClH/c10-9(11,12)17-6-3-14-7(15)8(13)1-4-16-5-2-8;/h1-6,13H2,(H,14,15);1H. The molecule has 1 heterocycles. The van der Waals surface area contributed by atoms with Gasteiger partial charge < -0.3 is 15.8 Å². The van der Waals surface area contributed by atoms with Crippen molar-refractivity contribution in [3.8, 4) is 0 Å². The van der Waals surface area contributed by atoms with Gasteiger partial charge in [0.1, 0.15) is 0 Å². The Morgan fingerprint density at radius 3 is 2.44 bits per heavy atom. The molecule has 0 atom stereocenters. The summed E-state index contributed by atoms with van der Waals surface area (Å²) in [6.45, 7) is 0.769. The number of carbonyl (C=O) groups excluding carboxylic acids is 1. The molecule has 0 spiro atoms. The number of ether oxygens (including phenoxy) is 1. The highest BCUT2D eigenvalue weighted by molar-refractivity contribution is 8.00. The van der Waals surface area contributed by atoms with Crippen LogP contribution < -0.4 is 11.1 Å². The SMILES string of the molecule is Cl.NC1(C(=O)NCCSC(F)(F)F)CCOCC1. The molecule has 1 saturated heterocycles. The van der Waals surface area contributed by atoms with Crippen LogP contribution in [0.4, 0.5) is 13.2 Å². The Morgan fingerprint density at radius 2 is 1.94 bits per heavy atom. The molecule has 0 bridgehead atoms. The van der Waals surface area contributed by atoms with Crippen LogP contribution in [0.2, 0.25) is 0 Å². The van der Waals surface area contributed by atoms with Gasteiger partial charge in [0.2, 0.25) is 5.91 Å². The molecule has 0 aromatic rings. The summed E-state index contributed by atoms with van der Waals surface area (Å²) >= 11 is -0.159. The molecule has 1 aliphatic heterocycles. The number of nitrogens with two attached hydrogens (primary N) is 1. The minimum absolute atomic E-state index is 0. The average molecular weight is 309 g/mol. The van der Waals surface area contributed by atoms with E-state index in [0.717, 1.165) is 0 Å². The van der Waals surface area contributed by atoms with Crippen molar-refractivity contribution in [3.63, 3.8) is 0 Å². The fraction of sp³-hybridized carbons (Fsp3) is 0.889. The van der Waals surface area contributed by atoms with Gasteiger partial charge in [0.25, 0.3) is 0 Å². The van der Waals surface area contributed by atoms with E-state index in [4.69, 9.17) is 10.5 Å². The molecule has 4 nitrogen and oxygen atoms in total. The lowest BCUT2D eigenvalue weighted by atomic mass is 9.90. The molecule has 1 rings (SSSR count). The van der Waals surface area contributed by atoms with Crippen LogP contribution in [0.15, 0.2) is 0 Å². The molecule has 108 valence electrons. The molecular formula is C9H16ClF3N2O2S. The highest BCUT2D eigenvalue weighted by Gasteiger charge is 2.35. The Labute approximate surface area is 114 Å². The third kappa shape index (κ3) is 6.12. The van der Waals surface area contributed by atoms with Gasteiger partial charge in [0, 0.05) is 25.5 Å². The van der Waals surface area contributed by atoms with Crippen LogP contribution in [0.3, 0.4) is 0 Å². The lowest BCUT2D eigenvalue weighted by molar-refractivity contribution is -0.129. The van der Waals surface area contributed by atoms with Gasteiger partial charge in [-0.15, -0.1) is 12.4 Å². The quantitative estimate of drug-likeness (QED) is 0.768. The first-order valence-electron chi connectivity index (χ1n) is 5.19. The number of rotatable bonds is 4. The van der Waals surface area contributed by atoms with E-state index in [0.29, 0.717) is 26.1 Å². The number of hydrogen-bond donors (Lipinski definition) is 2. The zero-order valence-electron chi connectivity index (χ0n) is 9.59. The zero-order chi connectivity index (χ0) is 12.9. The van der Waals surface area contributed by atoms with E-state index < -0.39 is 17.0 Å². The third-order valence-electron chi connectivity index (χ3n) is 2.49. The predicted molar refractivity (Wildman–Crippen MR) is 65.7 cm³/mol. The third-order valence-corrected chi connectivity index (χ3v) is 3.23. The second-order valence-corrected chi connectivity index (χ2v) is 4.98. The Balaban J connectivity index is 0.00000289. The fourth-order valence-electron chi connectivity index (χ4n) is 1.47. The zero-order valence-corrected chi connectivity index (χ0v) is 11.2. The van der Waals surface area contributed by atoms with Crippen molar-refractivity contribution < 1.29 is 22.7 Å². The molecule has 1 amide bonds. The minimum Gasteiger partial charge on any atom is -0.381 e. The molecule has 9 heteroatoms. The van der Waals surface area contributed by atoms with E-state index in [2.05, 4.69) is 5.32 Å². The van der Waals surface area contributed by atoms with Crippen molar-refractivity contribution in [2.45, 2.75) is 23.9 Å². The number of alkyl halides is 3. The van der Waals surface area contributed by atoms with Gasteiger partial charge in [-0.25, -0.2) is 0 Å². The number of amides is 1. The Morgan fingerprint density at radius 1 is 1.39 bits per heavy atom. The summed E-state index contributed by atoms with van der Waals surface area (Å²) in [5.41, 5.74) is 0.591.